The molecule has 1 heterocycles. The molecule has 142 valence electrons. The minimum Gasteiger partial charge on any atom is -0.480 e. The first-order chi connectivity index (χ1) is 11.5. The normalized spacial score (nSPS) is 19.6. The van der Waals surface area contributed by atoms with Crippen LogP contribution in [0.4, 0.5) is 0 Å². The molecule has 0 spiro atoms. The maximum absolute atomic E-state index is 12.7. The summed E-state index contributed by atoms with van der Waals surface area (Å²) in [5, 5.41) is 9.37. The molecule has 1 unspecified atom stereocenters. The van der Waals surface area contributed by atoms with Crippen LogP contribution in [0.1, 0.15) is 34.1 Å². The molecule has 0 radical (unpaired) electrons. The fourth-order valence-electron chi connectivity index (χ4n) is 2.98. The number of aliphatic carboxylic acids is 1. The van der Waals surface area contributed by atoms with Crippen molar-refractivity contribution >= 4 is 11.9 Å². The van der Waals surface area contributed by atoms with Gasteiger partial charge in [-0.3, -0.25) is 14.6 Å². The Labute approximate surface area is 152 Å². The molecule has 0 aromatic heterocycles. The maximum atomic E-state index is 12.7. The van der Waals surface area contributed by atoms with Gasteiger partial charge in [0.15, 0.2) is 0 Å². The molecule has 0 aromatic carbocycles. The Morgan fingerprint density at radius 1 is 1.28 bits per heavy atom. The molecule has 1 saturated heterocycles. The van der Waals surface area contributed by atoms with Crippen LogP contribution in [-0.4, -0.2) is 84.0 Å². The predicted octanol–water partition coefficient (Wildman–Crippen LogP) is 1.22. The summed E-state index contributed by atoms with van der Waals surface area (Å²) in [5.74, 6) is 5.18. The number of hydrogen-bond acceptors (Lipinski definition) is 4. The summed E-state index contributed by atoms with van der Waals surface area (Å²) in [5.41, 5.74) is -0.179. The van der Waals surface area contributed by atoms with Gasteiger partial charge in [-0.1, -0.05) is 25.7 Å². The minimum absolute atomic E-state index is 0.0785. The number of carboxylic acids is 1. The van der Waals surface area contributed by atoms with Gasteiger partial charge in [0.25, 0.3) is 0 Å². The number of likely N-dealkylation sites (tertiary alicyclic amines) is 1. The molecule has 6 nitrogen and oxygen atoms in total. The highest BCUT2D eigenvalue weighted by molar-refractivity contribution is 5.85. The van der Waals surface area contributed by atoms with Crippen molar-refractivity contribution in [2.75, 3.05) is 40.8 Å². The van der Waals surface area contributed by atoms with E-state index in [0.29, 0.717) is 13.1 Å². The first-order valence-corrected chi connectivity index (χ1v) is 8.86. The largest absolute Gasteiger partial charge is 0.480 e. The summed E-state index contributed by atoms with van der Waals surface area (Å²) < 4.78 is 0. The first-order valence-electron chi connectivity index (χ1n) is 8.86. The number of carboxylic acid groups (broad SMARTS) is 1. The number of hydrogen-bond donors (Lipinski definition) is 1. The second-order valence-electron chi connectivity index (χ2n) is 7.95. The van der Waals surface area contributed by atoms with Crippen molar-refractivity contribution in [3.63, 3.8) is 0 Å². The van der Waals surface area contributed by atoms with Crippen molar-refractivity contribution in [1.82, 2.24) is 14.7 Å². The molecular weight excluding hydrogens is 318 g/mol. The van der Waals surface area contributed by atoms with Crippen LogP contribution in [0.5, 0.6) is 0 Å². The van der Waals surface area contributed by atoms with E-state index in [-0.39, 0.29) is 23.3 Å². The van der Waals surface area contributed by atoms with Gasteiger partial charge in [-0.25, -0.2) is 4.79 Å². The molecule has 0 aliphatic carbocycles. The number of carbonyl (C=O) groups is 2. The molecular formula is C19H33N3O3. The molecule has 0 bridgehead atoms. The number of carbonyl (C=O) groups excluding carboxylic acids is 1. The van der Waals surface area contributed by atoms with Gasteiger partial charge in [0.1, 0.15) is 6.04 Å². The Morgan fingerprint density at radius 3 is 2.36 bits per heavy atom. The van der Waals surface area contributed by atoms with Crippen molar-refractivity contribution in [2.45, 2.75) is 45.7 Å². The molecule has 6 heteroatoms. The van der Waals surface area contributed by atoms with Gasteiger partial charge >= 0.3 is 5.97 Å². The van der Waals surface area contributed by atoms with Crippen molar-refractivity contribution in [1.29, 1.82) is 0 Å². The van der Waals surface area contributed by atoms with Crippen molar-refractivity contribution in [2.24, 2.45) is 11.8 Å². The second kappa shape index (κ2) is 8.68. The standard InChI is InChI=1S/C19H33N3O3/c1-14(2)16(18(24)25)21(7)17(23)15-9-12-22(13-15)11-8-10-19(3,4)20(5)6/h14-16H,9,11-13H2,1-7H3,(H,24,25)/t15-,16?/m0/s1. The fourth-order valence-corrected chi connectivity index (χ4v) is 2.98. The third kappa shape index (κ3) is 5.72. The summed E-state index contributed by atoms with van der Waals surface area (Å²) in [6.45, 7) is 9.90. The molecule has 1 N–H and O–H groups in total. The summed E-state index contributed by atoms with van der Waals surface area (Å²) in [4.78, 5) is 29.7. The van der Waals surface area contributed by atoms with E-state index in [1.54, 1.807) is 7.05 Å². The highest BCUT2D eigenvalue weighted by atomic mass is 16.4. The molecule has 1 aliphatic heterocycles. The van der Waals surface area contributed by atoms with Crippen molar-refractivity contribution in [3.8, 4) is 11.8 Å². The van der Waals surface area contributed by atoms with Gasteiger partial charge in [0.05, 0.1) is 18.0 Å². The molecule has 0 saturated carbocycles. The van der Waals surface area contributed by atoms with Crippen molar-refractivity contribution < 1.29 is 14.7 Å². The summed E-state index contributed by atoms with van der Waals surface area (Å²) in [6.07, 6.45) is 0.756. The van der Waals surface area contributed by atoms with E-state index in [0.717, 1.165) is 13.0 Å². The van der Waals surface area contributed by atoms with E-state index in [9.17, 15) is 14.7 Å². The summed E-state index contributed by atoms with van der Waals surface area (Å²) >= 11 is 0. The average Bonchev–Trinajstić information content (AvgIpc) is 2.94. The third-order valence-corrected chi connectivity index (χ3v) is 5.09. The fraction of sp³-hybridized carbons (Fsp3) is 0.789. The van der Waals surface area contributed by atoms with Crippen LogP contribution in [0, 0.1) is 23.7 Å². The van der Waals surface area contributed by atoms with Crippen molar-refractivity contribution in [3.05, 3.63) is 0 Å². The zero-order chi connectivity index (χ0) is 19.4. The minimum atomic E-state index is -0.947. The number of rotatable bonds is 6. The van der Waals surface area contributed by atoms with Crippen LogP contribution in [0.3, 0.4) is 0 Å². The zero-order valence-corrected chi connectivity index (χ0v) is 16.7. The highest BCUT2D eigenvalue weighted by Crippen LogP contribution is 2.21. The van der Waals surface area contributed by atoms with Gasteiger partial charge in [-0.05, 0) is 46.8 Å². The van der Waals surface area contributed by atoms with Crippen LogP contribution in [0.2, 0.25) is 0 Å². The third-order valence-electron chi connectivity index (χ3n) is 5.09. The van der Waals surface area contributed by atoms with E-state index < -0.39 is 12.0 Å². The quantitative estimate of drug-likeness (QED) is 0.729. The number of amides is 1. The molecule has 0 aromatic rings. The predicted molar refractivity (Wildman–Crippen MR) is 99.1 cm³/mol. The summed E-state index contributed by atoms with van der Waals surface area (Å²) in [7, 11) is 5.61. The van der Waals surface area contributed by atoms with Gasteiger partial charge in [-0.15, -0.1) is 0 Å². The Morgan fingerprint density at radius 2 is 1.88 bits per heavy atom. The lowest BCUT2D eigenvalue weighted by Gasteiger charge is -2.29. The number of nitrogens with zero attached hydrogens (tertiary/aromatic N) is 3. The van der Waals surface area contributed by atoms with Crippen LogP contribution >= 0.6 is 0 Å². The molecule has 2 atom stereocenters. The average molecular weight is 351 g/mol. The van der Waals surface area contributed by atoms with Gasteiger partial charge in [0.2, 0.25) is 5.91 Å². The zero-order valence-electron chi connectivity index (χ0n) is 16.7. The van der Waals surface area contributed by atoms with E-state index in [4.69, 9.17) is 0 Å². The smallest absolute Gasteiger partial charge is 0.326 e. The molecule has 1 aliphatic rings. The Kier molecular flexibility index (Phi) is 7.45. The van der Waals surface area contributed by atoms with Crippen LogP contribution in [0.15, 0.2) is 0 Å². The lowest BCUT2D eigenvalue weighted by molar-refractivity contribution is -0.152. The monoisotopic (exact) mass is 351 g/mol. The highest BCUT2D eigenvalue weighted by Gasteiger charge is 2.36. The second-order valence-corrected chi connectivity index (χ2v) is 7.95. The van der Waals surface area contributed by atoms with Gasteiger partial charge < -0.3 is 10.0 Å². The van der Waals surface area contributed by atoms with Gasteiger partial charge in [-0.2, -0.15) is 0 Å². The lowest BCUT2D eigenvalue weighted by Crippen LogP contribution is -2.48. The molecule has 1 amide bonds. The van der Waals surface area contributed by atoms with Crippen LogP contribution in [-0.2, 0) is 9.59 Å². The first kappa shape index (κ1) is 21.5. The molecule has 1 rings (SSSR count). The number of likely N-dealkylation sites (N-methyl/N-ethyl adjacent to an activating group) is 1. The molecule has 1 fully saturated rings. The summed E-state index contributed by atoms with van der Waals surface area (Å²) in [6, 6.07) is -0.776. The van der Waals surface area contributed by atoms with E-state index in [1.807, 2.05) is 27.9 Å². The van der Waals surface area contributed by atoms with Crippen LogP contribution < -0.4 is 0 Å². The topological polar surface area (TPSA) is 64.1 Å². The maximum Gasteiger partial charge on any atom is 0.326 e. The van der Waals surface area contributed by atoms with E-state index >= 15 is 0 Å². The Hall–Kier alpha value is -1.58. The van der Waals surface area contributed by atoms with E-state index in [1.165, 1.54) is 4.90 Å². The lowest BCUT2D eigenvalue weighted by atomic mass is 10.0. The Balaban J connectivity index is 2.64. The van der Waals surface area contributed by atoms with Crippen LogP contribution in [0.25, 0.3) is 0 Å². The SMILES string of the molecule is CC(C)C(C(=O)O)N(C)C(=O)[C@H]1CCN(CC#CC(C)(C)N(C)C)C1. The molecule has 25 heavy (non-hydrogen) atoms. The Bertz CT molecular complexity index is 546. The van der Waals surface area contributed by atoms with Gasteiger partial charge in [0, 0.05) is 13.6 Å². The van der Waals surface area contributed by atoms with E-state index in [2.05, 4.69) is 35.5 Å².